The number of nitrogens with zero attached hydrogens (tertiary/aromatic N) is 1. The van der Waals surface area contributed by atoms with Crippen LogP contribution in [0.5, 0.6) is 11.5 Å². The quantitative estimate of drug-likeness (QED) is 0.723. The van der Waals surface area contributed by atoms with Gasteiger partial charge in [-0.05, 0) is 24.3 Å². The largest absolute Gasteiger partial charge is 0.493 e. The lowest BCUT2D eigenvalue weighted by atomic mass is 10.0. The first kappa shape index (κ1) is 13.9. The second-order valence-electron chi connectivity index (χ2n) is 4.78. The Kier molecular flexibility index (Phi) is 3.42. The molecule has 0 saturated carbocycles. The van der Waals surface area contributed by atoms with Crippen molar-refractivity contribution in [1.29, 1.82) is 0 Å². The van der Waals surface area contributed by atoms with Crippen LogP contribution in [0.1, 0.15) is 0 Å². The predicted octanol–water partition coefficient (Wildman–Crippen LogP) is 2.19. The number of fused-ring (bicyclic) bond motifs is 1. The predicted molar refractivity (Wildman–Crippen MR) is 85.3 cm³/mol. The van der Waals surface area contributed by atoms with E-state index in [1.807, 2.05) is 12.1 Å². The van der Waals surface area contributed by atoms with Crippen molar-refractivity contribution >= 4 is 16.5 Å². The highest BCUT2D eigenvalue weighted by Gasteiger charge is 2.14. The summed E-state index contributed by atoms with van der Waals surface area (Å²) < 4.78 is 10.6. The van der Waals surface area contributed by atoms with E-state index in [0.717, 1.165) is 5.56 Å². The minimum absolute atomic E-state index is 0.288. The lowest BCUT2D eigenvalue weighted by molar-refractivity contribution is 0.356. The molecule has 22 heavy (non-hydrogen) atoms. The molecule has 0 amide bonds. The molecule has 0 aliphatic rings. The van der Waals surface area contributed by atoms with Crippen LogP contribution in [-0.4, -0.2) is 24.4 Å². The number of hydrogen-bond acceptors (Lipinski definition) is 5. The summed E-state index contributed by atoms with van der Waals surface area (Å²) in [6.45, 7) is 0. The number of H-pyrrole nitrogens is 1. The van der Waals surface area contributed by atoms with Crippen LogP contribution in [0.25, 0.3) is 22.0 Å². The third-order valence-electron chi connectivity index (χ3n) is 3.45. The number of nitrogens with two attached hydrogens (primary N) is 1. The number of nitrogen functional groups attached to an aromatic ring is 1. The van der Waals surface area contributed by atoms with Gasteiger partial charge in [0.1, 0.15) is 0 Å². The van der Waals surface area contributed by atoms with Gasteiger partial charge in [-0.2, -0.15) is 5.10 Å². The van der Waals surface area contributed by atoms with Crippen molar-refractivity contribution in [3.8, 4) is 22.8 Å². The lowest BCUT2D eigenvalue weighted by Gasteiger charge is -2.11. The van der Waals surface area contributed by atoms with Crippen LogP contribution in [0.2, 0.25) is 0 Å². The summed E-state index contributed by atoms with van der Waals surface area (Å²) in [6, 6.07) is 10.7. The van der Waals surface area contributed by atoms with Gasteiger partial charge >= 0.3 is 0 Å². The van der Waals surface area contributed by atoms with Gasteiger partial charge in [-0.25, -0.2) is 5.10 Å². The Balaban J connectivity index is 2.37. The molecule has 0 unspecified atom stereocenters. The molecule has 3 N–H and O–H groups in total. The van der Waals surface area contributed by atoms with Crippen LogP contribution in [0.4, 0.5) is 5.69 Å². The Hall–Kier alpha value is -3.02. The first-order valence-corrected chi connectivity index (χ1v) is 6.64. The number of methoxy groups -OCH3 is 2. The van der Waals surface area contributed by atoms with Crippen molar-refractivity contribution in [1.82, 2.24) is 10.2 Å². The first-order chi connectivity index (χ1) is 10.6. The Morgan fingerprint density at radius 2 is 1.73 bits per heavy atom. The number of nitrogens with one attached hydrogen (secondary N) is 1. The molecule has 0 fully saturated rings. The summed E-state index contributed by atoms with van der Waals surface area (Å²) in [5.41, 5.74) is 7.60. The molecular formula is C16H15N3O3. The molecule has 0 radical (unpaired) electrons. The van der Waals surface area contributed by atoms with Crippen LogP contribution in [0.15, 0.2) is 41.2 Å². The van der Waals surface area contributed by atoms with Gasteiger partial charge < -0.3 is 15.2 Å². The van der Waals surface area contributed by atoms with E-state index in [1.165, 1.54) is 7.11 Å². The van der Waals surface area contributed by atoms with Gasteiger partial charge in [0.05, 0.1) is 25.3 Å². The average Bonchev–Trinajstić information content (AvgIpc) is 2.54. The third-order valence-corrected chi connectivity index (χ3v) is 3.45. The first-order valence-electron chi connectivity index (χ1n) is 6.64. The fourth-order valence-corrected chi connectivity index (χ4v) is 2.40. The molecule has 0 saturated heterocycles. The monoisotopic (exact) mass is 297 g/mol. The standard InChI is InChI=1S/C16H15N3O3/c1-21-13-7-11-12(8-14(13)22-2)16(20)19-18-15(11)9-4-3-5-10(17)6-9/h3-8H,17H2,1-2H3,(H,19,20). The molecule has 0 atom stereocenters. The molecule has 0 spiro atoms. The van der Waals surface area contributed by atoms with Crippen molar-refractivity contribution in [2.75, 3.05) is 20.0 Å². The van der Waals surface area contributed by atoms with Crippen LogP contribution < -0.4 is 20.8 Å². The van der Waals surface area contributed by atoms with Gasteiger partial charge in [0, 0.05) is 16.6 Å². The Morgan fingerprint density at radius 3 is 2.36 bits per heavy atom. The summed E-state index contributed by atoms with van der Waals surface area (Å²) in [4.78, 5) is 12.1. The topological polar surface area (TPSA) is 90.2 Å². The maximum atomic E-state index is 12.1. The van der Waals surface area contributed by atoms with Crippen LogP contribution in [-0.2, 0) is 0 Å². The molecule has 0 aliphatic carbocycles. The van der Waals surface area contributed by atoms with E-state index in [9.17, 15) is 4.79 Å². The minimum Gasteiger partial charge on any atom is -0.493 e. The van der Waals surface area contributed by atoms with Gasteiger partial charge in [-0.1, -0.05) is 12.1 Å². The highest BCUT2D eigenvalue weighted by molar-refractivity contribution is 5.96. The fraction of sp³-hybridized carbons (Fsp3) is 0.125. The Morgan fingerprint density at radius 1 is 1.05 bits per heavy atom. The molecule has 1 aromatic heterocycles. The van der Waals surface area contributed by atoms with Crippen LogP contribution >= 0.6 is 0 Å². The number of rotatable bonds is 3. The number of anilines is 1. The molecular weight excluding hydrogens is 282 g/mol. The smallest absolute Gasteiger partial charge is 0.272 e. The summed E-state index contributed by atoms with van der Waals surface area (Å²) in [6.07, 6.45) is 0. The van der Waals surface area contributed by atoms with Crippen LogP contribution in [0.3, 0.4) is 0 Å². The second-order valence-corrected chi connectivity index (χ2v) is 4.78. The number of ether oxygens (including phenoxy) is 2. The van der Waals surface area contributed by atoms with E-state index in [0.29, 0.717) is 33.7 Å². The van der Waals surface area contributed by atoms with E-state index >= 15 is 0 Å². The van der Waals surface area contributed by atoms with E-state index in [-0.39, 0.29) is 5.56 Å². The van der Waals surface area contributed by atoms with Crippen molar-refractivity contribution < 1.29 is 9.47 Å². The van der Waals surface area contributed by atoms with E-state index in [4.69, 9.17) is 15.2 Å². The average molecular weight is 297 g/mol. The van der Waals surface area contributed by atoms with Gasteiger partial charge in [0.2, 0.25) is 0 Å². The SMILES string of the molecule is COc1cc2c(-c3cccc(N)c3)n[nH]c(=O)c2cc1OC. The zero-order valence-corrected chi connectivity index (χ0v) is 12.2. The summed E-state index contributed by atoms with van der Waals surface area (Å²) >= 11 is 0. The van der Waals surface area contributed by atoms with Crippen molar-refractivity contribution in [2.24, 2.45) is 0 Å². The number of aromatic amines is 1. The Bertz CT molecular complexity index is 903. The Labute approximate surface area is 126 Å². The molecule has 2 aromatic carbocycles. The molecule has 3 rings (SSSR count). The molecule has 1 heterocycles. The normalized spacial score (nSPS) is 10.6. The maximum absolute atomic E-state index is 12.1. The molecule has 0 bridgehead atoms. The molecule has 0 aliphatic heterocycles. The van der Waals surface area contributed by atoms with Crippen molar-refractivity contribution in [2.45, 2.75) is 0 Å². The van der Waals surface area contributed by atoms with E-state index in [1.54, 1.807) is 31.4 Å². The van der Waals surface area contributed by atoms with Gasteiger partial charge in [0.15, 0.2) is 11.5 Å². The van der Waals surface area contributed by atoms with Gasteiger partial charge in [0.25, 0.3) is 5.56 Å². The maximum Gasteiger partial charge on any atom is 0.272 e. The third kappa shape index (κ3) is 2.24. The lowest BCUT2D eigenvalue weighted by Crippen LogP contribution is -2.10. The zero-order chi connectivity index (χ0) is 15.7. The zero-order valence-electron chi connectivity index (χ0n) is 12.2. The number of hydrogen-bond donors (Lipinski definition) is 2. The highest BCUT2D eigenvalue weighted by atomic mass is 16.5. The molecule has 6 heteroatoms. The number of aromatic nitrogens is 2. The van der Waals surface area contributed by atoms with E-state index in [2.05, 4.69) is 10.2 Å². The van der Waals surface area contributed by atoms with E-state index < -0.39 is 0 Å². The van der Waals surface area contributed by atoms with Crippen molar-refractivity contribution in [3.05, 3.63) is 46.8 Å². The summed E-state index contributed by atoms with van der Waals surface area (Å²) in [5.74, 6) is 1.03. The molecule has 6 nitrogen and oxygen atoms in total. The second kappa shape index (κ2) is 5.40. The van der Waals surface area contributed by atoms with Gasteiger partial charge in [-0.3, -0.25) is 4.79 Å². The minimum atomic E-state index is -0.288. The highest BCUT2D eigenvalue weighted by Crippen LogP contribution is 2.34. The molecule has 112 valence electrons. The van der Waals surface area contributed by atoms with Crippen molar-refractivity contribution in [3.63, 3.8) is 0 Å². The molecule has 3 aromatic rings. The number of benzene rings is 2. The fourth-order valence-electron chi connectivity index (χ4n) is 2.40. The summed E-state index contributed by atoms with van der Waals surface area (Å²) in [5, 5.41) is 7.82. The summed E-state index contributed by atoms with van der Waals surface area (Å²) in [7, 11) is 3.07. The van der Waals surface area contributed by atoms with Crippen LogP contribution in [0, 0.1) is 0 Å². The van der Waals surface area contributed by atoms with Gasteiger partial charge in [-0.15, -0.1) is 0 Å².